The number of hydrogen-bond donors (Lipinski definition) is 1. The van der Waals surface area contributed by atoms with E-state index in [9.17, 15) is 23.5 Å². The van der Waals surface area contributed by atoms with Crippen molar-refractivity contribution in [3.8, 4) is 5.75 Å². The molecular weight excluding hydrogens is 464 g/mol. The Balaban J connectivity index is 1.95. The lowest BCUT2D eigenvalue weighted by Gasteiger charge is -2.26. The van der Waals surface area contributed by atoms with E-state index in [0.717, 1.165) is 16.5 Å². The predicted molar refractivity (Wildman–Crippen MR) is 134 cm³/mol. The van der Waals surface area contributed by atoms with E-state index in [1.165, 1.54) is 42.5 Å². The Morgan fingerprint density at radius 1 is 0.972 bits per heavy atom. The highest BCUT2D eigenvalue weighted by atomic mass is 19.1. The van der Waals surface area contributed by atoms with Crippen LogP contribution < -0.4 is 9.64 Å². The molecule has 0 bridgehead atoms. The summed E-state index contributed by atoms with van der Waals surface area (Å²) < 4.78 is 33.5. The van der Waals surface area contributed by atoms with Crippen LogP contribution in [0.2, 0.25) is 0 Å². The predicted octanol–water partition coefficient (Wildman–Crippen LogP) is 6.29. The second kappa shape index (κ2) is 9.57. The van der Waals surface area contributed by atoms with Crippen molar-refractivity contribution in [2.45, 2.75) is 39.2 Å². The lowest BCUT2D eigenvalue weighted by atomic mass is 9.84. The van der Waals surface area contributed by atoms with Gasteiger partial charge < -0.3 is 9.84 Å². The number of anilines is 1. The minimum Gasteiger partial charge on any atom is -0.507 e. The SMILES string of the molecule is CCOc1ccc(/C(O)=C2/C(=O)C(=O)N(c3cccc(F)c3)C2c2ccc(F)cc2)cc1C(C)(C)C. The lowest BCUT2D eigenvalue weighted by Crippen LogP contribution is -2.29. The minimum atomic E-state index is -1.09. The molecule has 1 saturated heterocycles. The zero-order chi connectivity index (χ0) is 26.2. The summed E-state index contributed by atoms with van der Waals surface area (Å²) in [6.07, 6.45) is 0. The Morgan fingerprint density at radius 2 is 1.67 bits per heavy atom. The van der Waals surface area contributed by atoms with Crippen LogP contribution in [0.25, 0.3) is 5.76 Å². The van der Waals surface area contributed by atoms with Crippen molar-refractivity contribution in [1.29, 1.82) is 0 Å². The number of carbonyl (C=O) groups excluding carboxylic acids is 2. The number of rotatable bonds is 5. The van der Waals surface area contributed by atoms with E-state index in [2.05, 4.69) is 0 Å². The number of ketones is 1. The van der Waals surface area contributed by atoms with E-state index in [-0.39, 0.29) is 22.4 Å². The van der Waals surface area contributed by atoms with Gasteiger partial charge in [0.25, 0.3) is 11.7 Å². The van der Waals surface area contributed by atoms with Gasteiger partial charge in [0.2, 0.25) is 0 Å². The molecule has 1 N–H and O–H groups in total. The molecule has 3 aromatic rings. The number of hydrogen-bond acceptors (Lipinski definition) is 4. The number of aliphatic hydroxyl groups is 1. The Bertz CT molecular complexity index is 1360. The Hall–Kier alpha value is -4.00. The quantitative estimate of drug-likeness (QED) is 0.259. The van der Waals surface area contributed by atoms with Gasteiger partial charge in [-0.25, -0.2) is 8.78 Å². The Labute approximate surface area is 208 Å². The maximum atomic E-state index is 14.1. The summed E-state index contributed by atoms with van der Waals surface area (Å²) in [5.74, 6) is -2.65. The smallest absolute Gasteiger partial charge is 0.300 e. The third-order valence-corrected chi connectivity index (χ3v) is 6.08. The molecule has 1 atom stereocenters. The molecule has 1 amide bonds. The lowest BCUT2D eigenvalue weighted by molar-refractivity contribution is -0.132. The maximum Gasteiger partial charge on any atom is 0.300 e. The van der Waals surface area contributed by atoms with Crippen LogP contribution in [-0.2, 0) is 15.0 Å². The highest BCUT2D eigenvalue weighted by molar-refractivity contribution is 6.51. The second-order valence-electron chi connectivity index (χ2n) is 9.59. The topological polar surface area (TPSA) is 66.8 Å². The average molecular weight is 492 g/mol. The number of Topliss-reactive ketones (excluding diaryl/α,β-unsaturated/α-hetero) is 1. The minimum absolute atomic E-state index is 0.146. The Kier molecular flexibility index (Phi) is 6.67. The van der Waals surface area contributed by atoms with Crippen LogP contribution in [0.15, 0.2) is 72.3 Å². The Morgan fingerprint density at radius 3 is 2.28 bits per heavy atom. The monoisotopic (exact) mass is 491 g/mol. The highest BCUT2D eigenvalue weighted by Gasteiger charge is 2.47. The molecule has 1 fully saturated rings. The molecule has 7 heteroatoms. The molecule has 0 radical (unpaired) electrons. The van der Waals surface area contributed by atoms with Gasteiger partial charge in [-0.05, 0) is 66.4 Å². The maximum absolute atomic E-state index is 14.1. The molecule has 0 saturated carbocycles. The van der Waals surface area contributed by atoms with Gasteiger partial charge in [-0.3, -0.25) is 14.5 Å². The van der Waals surface area contributed by atoms with Crippen LogP contribution in [0.1, 0.15) is 50.4 Å². The normalized spacial score (nSPS) is 17.5. The van der Waals surface area contributed by atoms with E-state index < -0.39 is 29.4 Å². The summed E-state index contributed by atoms with van der Waals surface area (Å²) in [7, 11) is 0. The van der Waals surface area contributed by atoms with Gasteiger partial charge in [0, 0.05) is 16.8 Å². The number of ether oxygens (including phenoxy) is 1. The molecule has 1 unspecified atom stereocenters. The van der Waals surface area contributed by atoms with E-state index in [1.807, 2.05) is 27.7 Å². The number of carbonyl (C=O) groups is 2. The van der Waals surface area contributed by atoms with E-state index in [0.29, 0.717) is 23.5 Å². The number of nitrogens with zero attached hydrogens (tertiary/aromatic N) is 1. The number of aliphatic hydroxyl groups excluding tert-OH is 1. The summed E-state index contributed by atoms with van der Waals surface area (Å²) in [5, 5.41) is 11.4. The van der Waals surface area contributed by atoms with Crippen molar-refractivity contribution in [1.82, 2.24) is 0 Å². The van der Waals surface area contributed by atoms with Crippen LogP contribution in [-0.4, -0.2) is 23.4 Å². The number of benzene rings is 3. The van der Waals surface area contributed by atoms with Gasteiger partial charge in [0.1, 0.15) is 23.1 Å². The van der Waals surface area contributed by atoms with Crippen LogP contribution in [0.3, 0.4) is 0 Å². The molecule has 1 aliphatic rings. The van der Waals surface area contributed by atoms with Gasteiger partial charge in [0.15, 0.2) is 0 Å². The first-order valence-corrected chi connectivity index (χ1v) is 11.6. The first-order chi connectivity index (χ1) is 17.0. The largest absolute Gasteiger partial charge is 0.507 e. The van der Waals surface area contributed by atoms with Gasteiger partial charge >= 0.3 is 0 Å². The molecule has 0 aliphatic carbocycles. The first-order valence-electron chi connectivity index (χ1n) is 11.6. The van der Waals surface area contributed by atoms with Crippen molar-refractivity contribution >= 4 is 23.1 Å². The fourth-order valence-electron chi connectivity index (χ4n) is 4.39. The standard InChI is InChI=1S/C29H27F2NO4/c1-5-36-23-14-11-18(15-22(23)29(2,3)4)26(33)24-25(17-9-12-19(30)13-10-17)32(28(35)27(24)34)21-8-6-7-20(31)16-21/h6-16,25,33H,5H2,1-4H3/b26-24-. The first kappa shape index (κ1) is 25.1. The van der Waals surface area contributed by atoms with Gasteiger partial charge in [-0.2, -0.15) is 0 Å². The summed E-state index contributed by atoms with van der Waals surface area (Å²) in [4.78, 5) is 27.6. The zero-order valence-electron chi connectivity index (χ0n) is 20.5. The van der Waals surface area contributed by atoms with Gasteiger partial charge in [-0.1, -0.05) is 39.0 Å². The van der Waals surface area contributed by atoms with Crippen LogP contribution in [0.5, 0.6) is 5.75 Å². The van der Waals surface area contributed by atoms with Crippen molar-refractivity contribution in [2.24, 2.45) is 0 Å². The van der Waals surface area contributed by atoms with Crippen molar-refractivity contribution < 1.29 is 28.2 Å². The zero-order valence-corrected chi connectivity index (χ0v) is 20.5. The van der Waals surface area contributed by atoms with Crippen molar-refractivity contribution in [2.75, 3.05) is 11.5 Å². The molecule has 4 rings (SSSR count). The molecule has 1 aliphatic heterocycles. The highest BCUT2D eigenvalue weighted by Crippen LogP contribution is 2.43. The van der Waals surface area contributed by atoms with Gasteiger partial charge in [-0.15, -0.1) is 0 Å². The summed E-state index contributed by atoms with van der Waals surface area (Å²) >= 11 is 0. The van der Waals surface area contributed by atoms with E-state index >= 15 is 0 Å². The molecule has 5 nitrogen and oxygen atoms in total. The summed E-state index contributed by atoms with van der Waals surface area (Å²) in [6.45, 7) is 8.32. The third-order valence-electron chi connectivity index (χ3n) is 6.08. The molecule has 186 valence electrons. The van der Waals surface area contributed by atoms with Crippen molar-refractivity contribution in [3.05, 3.63) is 101 Å². The average Bonchev–Trinajstić information content (AvgIpc) is 3.09. The van der Waals surface area contributed by atoms with E-state index in [4.69, 9.17) is 4.74 Å². The van der Waals surface area contributed by atoms with Crippen LogP contribution >= 0.6 is 0 Å². The van der Waals surface area contributed by atoms with Gasteiger partial charge in [0.05, 0.1) is 18.2 Å². The number of amides is 1. The molecule has 0 spiro atoms. The van der Waals surface area contributed by atoms with Crippen molar-refractivity contribution in [3.63, 3.8) is 0 Å². The number of halogens is 2. The summed E-state index contributed by atoms with van der Waals surface area (Å²) in [6, 6.07) is 14.5. The van der Waals surface area contributed by atoms with Crippen LogP contribution in [0.4, 0.5) is 14.5 Å². The molecular formula is C29H27F2NO4. The molecule has 36 heavy (non-hydrogen) atoms. The molecule has 1 heterocycles. The summed E-state index contributed by atoms with van der Waals surface area (Å²) in [5.41, 5.74) is 1.17. The molecule has 0 aromatic heterocycles. The fourth-order valence-corrected chi connectivity index (χ4v) is 4.39. The second-order valence-corrected chi connectivity index (χ2v) is 9.59. The fraction of sp³-hybridized carbons (Fsp3) is 0.241. The van der Waals surface area contributed by atoms with Crippen LogP contribution in [0, 0.1) is 11.6 Å². The third kappa shape index (κ3) is 4.61. The van der Waals surface area contributed by atoms with E-state index in [1.54, 1.807) is 18.2 Å². The molecule has 3 aromatic carbocycles.